The number of nitrogens with zero attached hydrogens (tertiary/aromatic N) is 3. The number of esters is 1. The van der Waals surface area contributed by atoms with E-state index in [1.54, 1.807) is 83.9 Å². The Morgan fingerprint density at radius 3 is 2.40 bits per heavy atom. The Labute approximate surface area is 311 Å². The van der Waals surface area contributed by atoms with Crippen molar-refractivity contribution >= 4 is 51.0 Å². The van der Waals surface area contributed by atoms with E-state index >= 15 is 0 Å². The third-order valence-corrected chi connectivity index (χ3v) is 11.0. The SMILES string of the molecule is CS(=O)(=O)N(N)[C@H]1CCCC[C@@H]1N1C(=O)c2ccccc2[C@@H](C(=O)NOCc2ccc(COC(=O)c3ccccc3)cn2)[C@@H]1c1ccc(Cl)cc1Cl. The fraction of sp³-hybridized carbons (Fsp3) is 0.297. The second kappa shape index (κ2) is 16.1. The number of ether oxygens (including phenoxy) is 1. The van der Waals surface area contributed by atoms with Crippen molar-refractivity contribution in [1.29, 1.82) is 0 Å². The summed E-state index contributed by atoms with van der Waals surface area (Å²) in [6, 6.07) is 21.3. The first-order chi connectivity index (χ1) is 24.9. The first-order valence-electron chi connectivity index (χ1n) is 16.6. The molecule has 0 unspecified atom stereocenters. The van der Waals surface area contributed by atoms with Crippen LogP contribution >= 0.6 is 23.2 Å². The van der Waals surface area contributed by atoms with Crippen molar-refractivity contribution in [2.45, 2.75) is 62.9 Å². The molecule has 272 valence electrons. The van der Waals surface area contributed by atoms with E-state index in [1.807, 2.05) is 6.07 Å². The topological polar surface area (TPSA) is 161 Å². The normalized spacial score (nSPS) is 20.3. The molecule has 1 saturated carbocycles. The van der Waals surface area contributed by atoms with Crippen LogP contribution in [0.2, 0.25) is 10.0 Å². The number of nitrogens with one attached hydrogen (secondary N) is 1. The van der Waals surface area contributed by atoms with E-state index in [4.69, 9.17) is 38.6 Å². The van der Waals surface area contributed by atoms with Crippen LogP contribution in [-0.4, -0.2) is 58.8 Å². The highest BCUT2D eigenvalue weighted by molar-refractivity contribution is 7.88. The molecule has 1 aliphatic carbocycles. The molecule has 6 rings (SSSR count). The van der Waals surface area contributed by atoms with Crippen LogP contribution < -0.4 is 11.3 Å². The van der Waals surface area contributed by atoms with Gasteiger partial charge in [-0.3, -0.25) is 25.3 Å². The predicted molar refractivity (Wildman–Crippen MR) is 194 cm³/mol. The van der Waals surface area contributed by atoms with Crippen LogP contribution in [0.4, 0.5) is 0 Å². The van der Waals surface area contributed by atoms with Gasteiger partial charge in [-0.1, -0.05) is 84.6 Å². The van der Waals surface area contributed by atoms with Gasteiger partial charge in [-0.05, 0) is 60.4 Å². The molecule has 1 aliphatic heterocycles. The summed E-state index contributed by atoms with van der Waals surface area (Å²) < 4.78 is 31.6. The summed E-state index contributed by atoms with van der Waals surface area (Å²) in [4.78, 5) is 52.7. The van der Waals surface area contributed by atoms with Crippen LogP contribution in [0.3, 0.4) is 0 Å². The molecular formula is C37H37Cl2N5O7S. The first kappa shape index (κ1) is 37.4. The van der Waals surface area contributed by atoms with Gasteiger partial charge < -0.3 is 9.64 Å². The zero-order valence-corrected chi connectivity index (χ0v) is 30.5. The number of nitrogens with two attached hydrogens (primary N) is 1. The second-order valence-corrected chi connectivity index (χ2v) is 15.5. The number of sulfonamides is 1. The molecule has 2 aliphatic rings. The molecule has 0 spiro atoms. The molecule has 0 bridgehead atoms. The summed E-state index contributed by atoms with van der Waals surface area (Å²) in [5, 5.41) is 0.591. The fourth-order valence-corrected chi connectivity index (χ4v) is 8.17. The Morgan fingerprint density at radius 1 is 0.962 bits per heavy atom. The van der Waals surface area contributed by atoms with Crippen LogP contribution in [0.15, 0.2) is 91.1 Å². The largest absolute Gasteiger partial charge is 0.457 e. The summed E-state index contributed by atoms with van der Waals surface area (Å²) in [6.45, 7) is -0.0715. The number of halogens is 2. The average molecular weight is 767 g/mol. The number of hydrogen-bond donors (Lipinski definition) is 2. The molecule has 1 aromatic heterocycles. The molecule has 2 heterocycles. The van der Waals surface area contributed by atoms with Crippen molar-refractivity contribution in [3.8, 4) is 0 Å². The number of fused-ring (bicyclic) bond motifs is 1. The van der Waals surface area contributed by atoms with Crippen molar-refractivity contribution in [2.75, 3.05) is 6.26 Å². The van der Waals surface area contributed by atoms with Crippen LogP contribution in [0.1, 0.15) is 80.7 Å². The van der Waals surface area contributed by atoms with E-state index in [1.165, 1.54) is 6.07 Å². The lowest BCUT2D eigenvalue weighted by Crippen LogP contribution is -2.61. The molecule has 52 heavy (non-hydrogen) atoms. The highest BCUT2D eigenvalue weighted by Gasteiger charge is 2.50. The van der Waals surface area contributed by atoms with Crippen molar-refractivity contribution in [3.63, 3.8) is 0 Å². The highest BCUT2D eigenvalue weighted by Crippen LogP contribution is 2.48. The van der Waals surface area contributed by atoms with Gasteiger partial charge in [0.05, 0.1) is 41.6 Å². The average Bonchev–Trinajstić information content (AvgIpc) is 3.14. The highest BCUT2D eigenvalue weighted by atomic mass is 35.5. The van der Waals surface area contributed by atoms with Gasteiger partial charge in [0.2, 0.25) is 10.0 Å². The van der Waals surface area contributed by atoms with Gasteiger partial charge in [-0.15, -0.1) is 4.41 Å². The quantitative estimate of drug-likeness (QED) is 0.111. The predicted octanol–water partition coefficient (Wildman–Crippen LogP) is 5.72. The minimum Gasteiger partial charge on any atom is -0.457 e. The summed E-state index contributed by atoms with van der Waals surface area (Å²) in [5.41, 5.74) is 5.35. The number of carbonyl (C=O) groups excluding carboxylic acids is 3. The Bertz CT molecular complexity index is 2050. The van der Waals surface area contributed by atoms with Crippen molar-refractivity contribution in [2.24, 2.45) is 5.84 Å². The van der Waals surface area contributed by atoms with Crippen LogP contribution in [0, 0.1) is 0 Å². The maximum absolute atomic E-state index is 14.5. The van der Waals surface area contributed by atoms with Gasteiger partial charge in [0.15, 0.2) is 0 Å². The number of aromatic nitrogens is 1. The number of amides is 2. The fourth-order valence-electron chi connectivity index (χ4n) is 6.91. The number of hydroxylamine groups is 1. The van der Waals surface area contributed by atoms with E-state index in [9.17, 15) is 22.8 Å². The Balaban J connectivity index is 1.26. The lowest BCUT2D eigenvalue weighted by molar-refractivity contribution is -0.138. The molecule has 4 atom stereocenters. The van der Waals surface area contributed by atoms with Gasteiger partial charge in [0, 0.05) is 27.4 Å². The molecule has 15 heteroatoms. The number of benzene rings is 3. The molecular weight excluding hydrogens is 729 g/mol. The third-order valence-electron chi connectivity index (χ3n) is 9.36. The van der Waals surface area contributed by atoms with Crippen molar-refractivity contribution in [3.05, 3.63) is 135 Å². The zero-order chi connectivity index (χ0) is 37.0. The van der Waals surface area contributed by atoms with Crippen LogP contribution in [0.5, 0.6) is 0 Å². The monoisotopic (exact) mass is 765 g/mol. The first-order valence-corrected chi connectivity index (χ1v) is 19.2. The molecule has 12 nitrogen and oxygen atoms in total. The second-order valence-electron chi connectivity index (χ2n) is 12.8. The smallest absolute Gasteiger partial charge is 0.338 e. The van der Waals surface area contributed by atoms with Gasteiger partial charge in [0.1, 0.15) is 13.2 Å². The zero-order valence-electron chi connectivity index (χ0n) is 28.2. The van der Waals surface area contributed by atoms with Gasteiger partial charge in [-0.25, -0.2) is 18.7 Å². The van der Waals surface area contributed by atoms with E-state index in [2.05, 4.69) is 10.5 Å². The molecule has 0 saturated heterocycles. The van der Waals surface area contributed by atoms with Gasteiger partial charge >= 0.3 is 5.97 Å². The maximum atomic E-state index is 14.5. The number of carbonyl (C=O) groups is 3. The molecule has 0 radical (unpaired) electrons. The molecule has 4 aromatic rings. The van der Waals surface area contributed by atoms with Crippen LogP contribution in [-0.2, 0) is 37.6 Å². The summed E-state index contributed by atoms with van der Waals surface area (Å²) >= 11 is 13.1. The Kier molecular flexibility index (Phi) is 11.6. The van der Waals surface area contributed by atoms with Gasteiger partial charge in [-0.2, -0.15) is 0 Å². The van der Waals surface area contributed by atoms with E-state index < -0.39 is 45.9 Å². The Hall–Kier alpha value is -4.37. The van der Waals surface area contributed by atoms with Crippen molar-refractivity contribution in [1.82, 2.24) is 19.8 Å². The molecule has 3 N–H and O–H groups in total. The van der Waals surface area contributed by atoms with E-state index in [-0.39, 0.29) is 24.1 Å². The third kappa shape index (κ3) is 8.15. The lowest BCUT2D eigenvalue weighted by Gasteiger charge is -2.50. The lowest BCUT2D eigenvalue weighted by atomic mass is 9.76. The van der Waals surface area contributed by atoms with E-state index in [0.29, 0.717) is 64.2 Å². The van der Waals surface area contributed by atoms with Gasteiger partial charge in [0.25, 0.3) is 11.8 Å². The minimum atomic E-state index is -3.84. The number of hydrazine groups is 1. The summed E-state index contributed by atoms with van der Waals surface area (Å²) in [7, 11) is -3.84. The molecule has 3 aromatic carbocycles. The van der Waals surface area contributed by atoms with Crippen molar-refractivity contribution < 1.29 is 32.4 Å². The number of rotatable bonds is 11. The summed E-state index contributed by atoms with van der Waals surface area (Å²) in [6.07, 6.45) is 4.86. The summed E-state index contributed by atoms with van der Waals surface area (Å²) in [5.74, 6) is 3.78. The molecule has 1 fully saturated rings. The van der Waals surface area contributed by atoms with E-state index in [0.717, 1.165) is 10.7 Å². The minimum absolute atomic E-state index is 0.0253. The molecule has 2 amide bonds. The Morgan fingerprint density at radius 2 is 1.69 bits per heavy atom. The number of pyridine rings is 1. The van der Waals surface area contributed by atoms with Crippen LogP contribution in [0.25, 0.3) is 0 Å². The number of hydrogen-bond acceptors (Lipinski definition) is 9. The standard InChI is InChI=1S/C37H37Cl2N5O7S/c1-52(48,49)44(40)32-14-8-7-13-31(32)43-34(29-18-16-25(38)19-30(29)39)33(27-11-5-6-12-28(27)36(43)46)35(45)42-51-22-26-17-15-23(20-41-26)21-50-37(47)24-9-3-2-4-10-24/h2-6,9-12,15-20,31-34H,7-8,13-14,21-22,40H2,1H3,(H,42,45)/t31-,32-,33+,34-/m0/s1. The maximum Gasteiger partial charge on any atom is 0.338 e.